The monoisotopic (exact) mass is 587 g/mol. The number of aromatic hydroxyl groups is 1. The molecule has 0 radical (unpaired) electrons. The lowest BCUT2D eigenvalue weighted by atomic mass is 10.1. The van der Waals surface area contributed by atoms with Crippen LogP contribution in [0.1, 0.15) is 40.9 Å². The van der Waals surface area contributed by atoms with Crippen LogP contribution in [0.5, 0.6) is 5.75 Å². The summed E-state index contributed by atoms with van der Waals surface area (Å²) >= 11 is 7.18. The van der Waals surface area contributed by atoms with Crippen LogP contribution in [0.2, 0.25) is 5.02 Å². The van der Waals surface area contributed by atoms with E-state index in [1.165, 1.54) is 13.2 Å². The number of hydrogen-bond acceptors (Lipinski definition) is 8. The molecule has 2 aromatic carbocycles. The molecule has 0 aliphatic carbocycles. The van der Waals surface area contributed by atoms with Crippen molar-refractivity contribution in [2.24, 2.45) is 0 Å². The number of phenolic OH excluding ortho intramolecular Hbond substituents is 1. The number of benzene rings is 2. The van der Waals surface area contributed by atoms with Gasteiger partial charge in [0.2, 0.25) is 0 Å². The number of halogens is 4. The lowest BCUT2D eigenvalue weighted by Gasteiger charge is -2.35. The van der Waals surface area contributed by atoms with Gasteiger partial charge >= 0.3 is 6.18 Å². The van der Waals surface area contributed by atoms with Crippen LogP contribution in [0.4, 0.5) is 18.3 Å². The van der Waals surface area contributed by atoms with Gasteiger partial charge in [-0.25, -0.2) is 4.98 Å². The number of nitrogens with one attached hydrogen (secondary N) is 1. The van der Waals surface area contributed by atoms with Crippen molar-refractivity contribution in [1.29, 1.82) is 0 Å². The number of methoxy groups -OCH3 is 1. The molecule has 1 aromatic heterocycles. The number of fused-ring (bicyclic) bond motifs is 1. The number of ether oxygens (including phenoxy) is 3. The molecule has 3 aromatic rings. The summed E-state index contributed by atoms with van der Waals surface area (Å²) in [6.07, 6.45) is -4.53. The lowest BCUT2D eigenvalue weighted by Crippen LogP contribution is -2.44. The average molecular weight is 588 g/mol. The van der Waals surface area contributed by atoms with Crippen LogP contribution in [0, 0.1) is 0 Å². The number of carbonyl (C=O) groups excluding carboxylic acids is 1. The van der Waals surface area contributed by atoms with Gasteiger partial charge in [0, 0.05) is 42.9 Å². The predicted molar refractivity (Wildman–Crippen MR) is 143 cm³/mol. The zero-order valence-electron chi connectivity index (χ0n) is 21.6. The summed E-state index contributed by atoms with van der Waals surface area (Å²) in [4.78, 5) is 19.6. The molecule has 2 atom stereocenters. The fourth-order valence-corrected chi connectivity index (χ4v) is 5.71. The maximum atomic E-state index is 13.5. The number of nitrogens with zero attached hydrogens (tertiary/aromatic N) is 2. The number of rotatable bonds is 9. The Morgan fingerprint density at radius 2 is 1.92 bits per heavy atom. The fraction of sp³-hybridized carbons (Fsp3) is 0.462. The fourth-order valence-electron chi connectivity index (χ4n) is 4.52. The van der Waals surface area contributed by atoms with E-state index in [2.05, 4.69) is 15.2 Å². The summed E-state index contributed by atoms with van der Waals surface area (Å²) in [6.45, 7) is 5.96. The zero-order chi connectivity index (χ0) is 28.3. The molecule has 13 heteroatoms. The van der Waals surface area contributed by atoms with E-state index in [0.717, 1.165) is 23.5 Å². The number of thiazole rings is 1. The summed E-state index contributed by atoms with van der Waals surface area (Å²) in [5, 5.41) is 13.9. The Kier molecular flexibility index (Phi) is 9.35. The first-order valence-corrected chi connectivity index (χ1v) is 13.4. The average Bonchev–Trinajstić information content (AvgIpc) is 3.25. The molecule has 8 nitrogen and oxygen atoms in total. The summed E-state index contributed by atoms with van der Waals surface area (Å²) < 4.78 is 56.9. The van der Waals surface area contributed by atoms with Crippen molar-refractivity contribution in [3.8, 4) is 5.75 Å². The Balaban J connectivity index is 1.58. The molecule has 2 heterocycles. The van der Waals surface area contributed by atoms with E-state index in [1.807, 2.05) is 13.8 Å². The molecule has 0 saturated carbocycles. The van der Waals surface area contributed by atoms with Crippen LogP contribution < -0.4 is 5.32 Å². The predicted octanol–water partition coefficient (Wildman–Crippen LogP) is 5.70. The second-order valence-electron chi connectivity index (χ2n) is 9.41. The molecule has 39 heavy (non-hydrogen) atoms. The van der Waals surface area contributed by atoms with E-state index in [0.29, 0.717) is 25.2 Å². The topological polar surface area (TPSA) is 93.2 Å². The second-order valence-corrected chi connectivity index (χ2v) is 10.9. The highest BCUT2D eigenvalue weighted by molar-refractivity contribution is 7.22. The van der Waals surface area contributed by atoms with Crippen LogP contribution in [0.3, 0.4) is 0 Å². The van der Waals surface area contributed by atoms with Crippen molar-refractivity contribution in [3.05, 3.63) is 51.5 Å². The highest BCUT2D eigenvalue weighted by atomic mass is 35.5. The summed E-state index contributed by atoms with van der Waals surface area (Å²) in [6, 6.07) is 4.92. The minimum absolute atomic E-state index is 0.0185. The molecule has 212 valence electrons. The van der Waals surface area contributed by atoms with Gasteiger partial charge in [0.15, 0.2) is 5.13 Å². The van der Waals surface area contributed by atoms with Gasteiger partial charge in [-0.3, -0.25) is 15.0 Å². The van der Waals surface area contributed by atoms with Crippen LogP contribution in [0.25, 0.3) is 10.2 Å². The van der Waals surface area contributed by atoms with Gasteiger partial charge in [-0.15, -0.1) is 0 Å². The molecule has 0 bridgehead atoms. The van der Waals surface area contributed by atoms with E-state index in [-0.39, 0.29) is 69.3 Å². The highest BCUT2D eigenvalue weighted by Gasteiger charge is 2.32. The van der Waals surface area contributed by atoms with Gasteiger partial charge in [-0.05, 0) is 38.1 Å². The third-order valence-corrected chi connectivity index (χ3v) is 7.23. The Hall–Kier alpha value is -2.48. The summed E-state index contributed by atoms with van der Waals surface area (Å²) in [5.74, 6) is -0.913. The first-order chi connectivity index (χ1) is 18.4. The molecule has 0 spiro atoms. The maximum absolute atomic E-state index is 13.5. The van der Waals surface area contributed by atoms with Gasteiger partial charge in [-0.2, -0.15) is 13.2 Å². The van der Waals surface area contributed by atoms with Crippen molar-refractivity contribution < 1.29 is 37.3 Å². The van der Waals surface area contributed by atoms with Crippen LogP contribution in [-0.4, -0.2) is 66.5 Å². The molecular weight excluding hydrogens is 559 g/mol. The third kappa shape index (κ3) is 7.38. The Morgan fingerprint density at radius 1 is 1.21 bits per heavy atom. The minimum Gasteiger partial charge on any atom is -0.507 e. The molecule has 4 rings (SSSR count). The van der Waals surface area contributed by atoms with Crippen LogP contribution >= 0.6 is 22.9 Å². The maximum Gasteiger partial charge on any atom is 0.416 e. The second kappa shape index (κ2) is 12.4. The van der Waals surface area contributed by atoms with Crippen molar-refractivity contribution in [2.45, 2.75) is 45.4 Å². The van der Waals surface area contributed by atoms with Crippen LogP contribution in [0.15, 0.2) is 24.3 Å². The van der Waals surface area contributed by atoms with E-state index < -0.39 is 17.6 Å². The molecule has 1 saturated heterocycles. The number of phenols is 1. The quantitative estimate of drug-likeness (QED) is 0.310. The minimum atomic E-state index is -4.57. The molecule has 2 N–H and O–H groups in total. The largest absolute Gasteiger partial charge is 0.507 e. The normalized spacial score (nSPS) is 18.5. The van der Waals surface area contributed by atoms with Crippen molar-refractivity contribution in [2.75, 3.05) is 38.7 Å². The summed E-state index contributed by atoms with van der Waals surface area (Å²) in [7, 11) is 1.49. The number of amides is 1. The summed E-state index contributed by atoms with van der Waals surface area (Å²) in [5.41, 5.74) is 0.0846. The molecule has 1 fully saturated rings. The van der Waals surface area contributed by atoms with Gasteiger partial charge in [-0.1, -0.05) is 22.9 Å². The van der Waals surface area contributed by atoms with Crippen LogP contribution in [-0.2, 0) is 33.5 Å². The van der Waals surface area contributed by atoms with Crippen molar-refractivity contribution >= 4 is 44.2 Å². The standard InChI is InChI=1S/C26H29ClF3N3O5S/c1-14-10-33(11-15(2)38-14)12-16-7-19(27)9-20(23(16)34)24(35)32-25-31-22-17(13-37-5-4-36-3)6-18(26(28,29)30)8-21(22)39-25/h6-9,14-15,34H,4-5,10-13H2,1-3H3,(H,31,32,35)/t14-,15?/m1/s1. The van der Waals surface area contributed by atoms with Gasteiger partial charge < -0.3 is 19.3 Å². The number of hydrogen-bond donors (Lipinski definition) is 2. The Labute approximate surface area is 232 Å². The molecule has 1 aliphatic heterocycles. The number of morpholine rings is 1. The smallest absolute Gasteiger partial charge is 0.416 e. The Morgan fingerprint density at radius 3 is 2.59 bits per heavy atom. The molecule has 1 aliphatic rings. The van der Waals surface area contributed by atoms with E-state index in [4.69, 9.17) is 25.8 Å². The third-order valence-electron chi connectivity index (χ3n) is 6.10. The van der Waals surface area contributed by atoms with E-state index >= 15 is 0 Å². The number of alkyl halides is 3. The first kappa shape index (κ1) is 29.5. The number of aromatic nitrogens is 1. The number of carbonyl (C=O) groups is 1. The van der Waals surface area contributed by atoms with E-state index in [9.17, 15) is 23.1 Å². The van der Waals surface area contributed by atoms with Gasteiger partial charge in [0.05, 0.1) is 53.4 Å². The Bertz CT molecular complexity index is 1330. The SMILES string of the molecule is COCCOCc1cc(C(F)(F)F)cc2sc(NC(=O)c3cc(Cl)cc(CN4CC(C)O[C@H](C)C4)c3O)nc12. The van der Waals surface area contributed by atoms with E-state index in [1.54, 1.807) is 6.07 Å². The van der Waals surface area contributed by atoms with Gasteiger partial charge in [0.1, 0.15) is 5.75 Å². The molecule has 1 unspecified atom stereocenters. The van der Waals surface area contributed by atoms with Gasteiger partial charge in [0.25, 0.3) is 5.91 Å². The highest BCUT2D eigenvalue weighted by Crippen LogP contribution is 2.37. The van der Waals surface area contributed by atoms with Crippen molar-refractivity contribution in [3.63, 3.8) is 0 Å². The first-order valence-electron chi connectivity index (χ1n) is 12.2. The lowest BCUT2D eigenvalue weighted by molar-refractivity contribution is -0.137. The number of anilines is 1. The zero-order valence-corrected chi connectivity index (χ0v) is 23.2. The molecule has 1 amide bonds. The van der Waals surface area contributed by atoms with Crippen molar-refractivity contribution in [1.82, 2.24) is 9.88 Å². The molecular formula is C26H29ClF3N3O5S.